The summed E-state index contributed by atoms with van der Waals surface area (Å²) in [6, 6.07) is 1.80. The molecule has 0 unspecified atom stereocenters. The van der Waals surface area contributed by atoms with E-state index < -0.39 is 0 Å². The minimum atomic E-state index is 0.483. The van der Waals surface area contributed by atoms with E-state index in [0.717, 1.165) is 17.9 Å². The van der Waals surface area contributed by atoms with Crippen LogP contribution in [0.25, 0.3) is 0 Å². The highest BCUT2D eigenvalue weighted by Gasteiger charge is 2.37. The second-order valence-electron chi connectivity index (χ2n) is 6.79. The first-order valence-corrected chi connectivity index (χ1v) is 8.21. The summed E-state index contributed by atoms with van der Waals surface area (Å²) >= 11 is 0. The molecule has 0 aromatic carbocycles. The molecule has 3 aliphatic rings. The van der Waals surface area contributed by atoms with Gasteiger partial charge in [0, 0.05) is 0 Å². The van der Waals surface area contributed by atoms with Crippen LogP contribution in [-0.4, -0.2) is 32.2 Å². The van der Waals surface area contributed by atoms with Crippen LogP contribution in [0.1, 0.15) is 70.6 Å². The molecule has 2 heterocycles. The molecule has 18 heavy (non-hydrogen) atoms. The molecule has 3 fully saturated rings. The van der Waals surface area contributed by atoms with Crippen LogP contribution in [0.15, 0.2) is 0 Å². The van der Waals surface area contributed by atoms with Crippen molar-refractivity contribution in [3.05, 3.63) is 0 Å². The predicted octanol–water partition coefficient (Wildman–Crippen LogP) is 3.72. The summed E-state index contributed by atoms with van der Waals surface area (Å²) in [5.41, 5.74) is 0. The van der Waals surface area contributed by atoms with Gasteiger partial charge in [-0.2, -0.15) is 0 Å². The van der Waals surface area contributed by atoms with Crippen molar-refractivity contribution in [2.45, 2.75) is 94.3 Å². The number of nitrogens with zero attached hydrogens (tertiary/aromatic N) is 1. The SMILES string of the molecule is [B]C1CCCC([B]N2[C@@H]3CCC[C@H]2CC3)CCC1. The van der Waals surface area contributed by atoms with Crippen LogP contribution >= 0.6 is 0 Å². The molecule has 2 atom stereocenters. The highest BCUT2D eigenvalue weighted by molar-refractivity contribution is 6.34. The smallest absolute Gasteiger partial charge is 0.212 e. The lowest BCUT2D eigenvalue weighted by Crippen LogP contribution is -2.43. The number of fused-ring (bicyclic) bond motifs is 2. The van der Waals surface area contributed by atoms with Gasteiger partial charge < -0.3 is 4.81 Å². The molecule has 0 N–H and O–H groups in total. The first-order chi connectivity index (χ1) is 8.83. The van der Waals surface area contributed by atoms with E-state index in [4.69, 9.17) is 7.85 Å². The topological polar surface area (TPSA) is 3.24 Å². The zero-order chi connectivity index (χ0) is 12.4. The van der Waals surface area contributed by atoms with Crippen molar-refractivity contribution >= 4 is 15.3 Å². The van der Waals surface area contributed by atoms with Crippen molar-refractivity contribution in [2.75, 3.05) is 0 Å². The molecule has 2 aliphatic heterocycles. The van der Waals surface area contributed by atoms with E-state index in [-0.39, 0.29) is 0 Å². The summed E-state index contributed by atoms with van der Waals surface area (Å²) in [4.78, 5) is 2.77. The Kier molecular flexibility index (Phi) is 4.38. The van der Waals surface area contributed by atoms with Gasteiger partial charge in [0.05, 0.1) is 7.85 Å². The summed E-state index contributed by atoms with van der Waals surface area (Å²) in [5.74, 6) is 1.33. The second-order valence-corrected chi connectivity index (χ2v) is 6.79. The van der Waals surface area contributed by atoms with Gasteiger partial charge in [0.25, 0.3) is 0 Å². The largest absolute Gasteiger partial charge is 0.341 e. The normalized spacial score (nSPS) is 42.2. The van der Waals surface area contributed by atoms with Crippen LogP contribution < -0.4 is 0 Å². The number of hydrogen-bond donors (Lipinski definition) is 0. The van der Waals surface area contributed by atoms with Gasteiger partial charge in [0.2, 0.25) is 7.41 Å². The van der Waals surface area contributed by atoms with E-state index in [2.05, 4.69) is 12.2 Å². The number of piperidine rings is 1. The Morgan fingerprint density at radius 1 is 0.722 bits per heavy atom. The molecule has 0 aromatic heterocycles. The van der Waals surface area contributed by atoms with E-state index in [1.165, 1.54) is 70.6 Å². The molecule has 0 amide bonds. The standard InChI is InChI=1S/C15H26B2N/c16-12-4-1-6-13(7-2-5-12)17-18-14-8-3-9-15(18)11-10-14/h12-15H,1-11H2/t12?,13?,14-,15+. The Morgan fingerprint density at radius 3 is 1.89 bits per heavy atom. The molecule has 97 valence electrons. The summed E-state index contributed by atoms with van der Waals surface area (Å²) in [7, 11) is 8.72. The summed E-state index contributed by atoms with van der Waals surface area (Å²) in [5, 5.41) is 0. The molecule has 0 aromatic rings. The van der Waals surface area contributed by atoms with Gasteiger partial charge in [-0.25, -0.2) is 0 Å². The lowest BCUT2D eigenvalue weighted by Gasteiger charge is -2.37. The van der Waals surface area contributed by atoms with Crippen LogP contribution in [0.5, 0.6) is 0 Å². The molecule has 1 aliphatic carbocycles. The fraction of sp³-hybridized carbons (Fsp3) is 1.00. The molecule has 3 radical (unpaired) electrons. The summed E-state index contributed by atoms with van der Waals surface area (Å²) in [6.45, 7) is 0. The Morgan fingerprint density at radius 2 is 1.28 bits per heavy atom. The van der Waals surface area contributed by atoms with Gasteiger partial charge in [-0.3, -0.25) is 0 Å². The quantitative estimate of drug-likeness (QED) is 0.667. The average molecular weight is 242 g/mol. The lowest BCUT2D eigenvalue weighted by molar-refractivity contribution is 0.247. The average Bonchev–Trinajstić information content (AvgIpc) is 2.58. The van der Waals surface area contributed by atoms with E-state index in [1.807, 2.05) is 0 Å². The Hall–Kier alpha value is 0.0899. The molecular weight excluding hydrogens is 216 g/mol. The maximum Gasteiger partial charge on any atom is 0.212 e. The Labute approximate surface area is 115 Å². The van der Waals surface area contributed by atoms with Crippen molar-refractivity contribution in [2.24, 2.45) is 0 Å². The molecule has 1 saturated carbocycles. The van der Waals surface area contributed by atoms with Crippen LogP contribution in [0, 0.1) is 0 Å². The van der Waals surface area contributed by atoms with E-state index in [9.17, 15) is 0 Å². The van der Waals surface area contributed by atoms with Crippen LogP contribution in [0.2, 0.25) is 11.6 Å². The lowest BCUT2D eigenvalue weighted by atomic mass is 9.64. The van der Waals surface area contributed by atoms with Crippen LogP contribution in [-0.2, 0) is 0 Å². The van der Waals surface area contributed by atoms with Gasteiger partial charge in [-0.05, 0) is 37.8 Å². The zero-order valence-corrected chi connectivity index (χ0v) is 11.7. The van der Waals surface area contributed by atoms with Crippen molar-refractivity contribution in [1.29, 1.82) is 0 Å². The molecular formula is C15H26B2N. The molecule has 2 bridgehead atoms. The fourth-order valence-electron chi connectivity index (χ4n) is 4.37. The van der Waals surface area contributed by atoms with Gasteiger partial charge in [0.15, 0.2) is 0 Å². The van der Waals surface area contributed by atoms with Gasteiger partial charge in [-0.1, -0.05) is 56.6 Å². The molecule has 1 nitrogen and oxygen atoms in total. The van der Waals surface area contributed by atoms with E-state index >= 15 is 0 Å². The minimum absolute atomic E-state index is 0.483. The molecule has 3 heteroatoms. The Bertz CT molecular complexity index is 245. The molecule has 0 spiro atoms. The molecule has 3 rings (SSSR count). The zero-order valence-electron chi connectivity index (χ0n) is 11.7. The van der Waals surface area contributed by atoms with Crippen molar-refractivity contribution in [3.63, 3.8) is 0 Å². The van der Waals surface area contributed by atoms with E-state index in [1.54, 1.807) is 0 Å². The van der Waals surface area contributed by atoms with Gasteiger partial charge in [0.1, 0.15) is 0 Å². The monoisotopic (exact) mass is 242 g/mol. The highest BCUT2D eigenvalue weighted by Crippen LogP contribution is 2.38. The van der Waals surface area contributed by atoms with E-state index in [0.29, 0.717) is 5.82 Å². The van der Waals surface area contributed by atoms with Gasteiger partial charge in [-0.15, -0.1) is 0 Å². The van der Waals surface area contributed by atoms with Crippen molar-refractivity contribution in [3.8, 4) is 0 Å². The van der Waals surface area contributed by atoms with Crippen molar-refractivity contribution < 1.29 is 0 Å². The third-order valence-corrected chi connectivity index (χ3v) is 5.43. The number of hydrogen-bond acceptors (Lipinski definition) is 1. The first-order valence-electron chi connectivity index (χ1n) is 8.21. The summed E-state index contributed by atoms with van der Waals surface area (Å²) < 4.78 is 0. The second kappa shape index (κ2) is 6.03. The minimum Gasteiger partial charge on any atom is -0.341 e. The van der Waals surface area contributed by atoms with Crippen LogP contribution in [0.3, 0.4) is 0 Å². The summed E-state index contributed by atoms with van der Waals surface area (Å²) in [6.07, 6.45) is 15.2. The number of rotatable bonds is 2. The van der Waals surface area contributed by atoms with Gasteiger partial charge >= 0.3 is 0 Å². The predicted molar refractivity (Wildman–Crippen MR) is 79.2 cm³/mol. The fourth-order valence-corrected chi connectivity index (χ4v) is 4.37. The van der Waals surface area contributed by atoms with Crippen LogP contribution in [0.4, 0.5) is 0 Å². The highest BCUT2D eigenvalue weighted by atomic mass is 15.1. The third kappa shape index (κ3) is 2.98. The maximum absolute atomic E-state index is 6.07. The maximum atomic E-state index is 6.07. The first kappa shape index (κ1) is 13.1. The van der Waals surface area contributed by atoms with Crippen molar-refractivity contribution in [1.82, 2.24) is 4.81 Å². The third-order valence-electron chi connectivity index (χ3n) is 5.43. The molecule has 2 saturated heterocycles. The Balaban J connectivity index is 1.52.